The highest BCUT2D eigenvalue weighted by Gasteiger charge is 2.30. The van der Waals surface area contributed by atoms with Crippen molar-refractivity contribution in [1.82, 2.24) is 9.88 Å². The van der Waals surface area contributed by atoms with Crippen LogP contribution in [0.25, 0.3) is 0 Å². The molecule has 1 aliphatic rings. The normalized spacial score (nSPS) is 15.6. The second-order valence-electron chi connectivity index (χ2n) is 7.90. The van der Waals surface area contributed by atoms with Crippen LogP contribution in [0.2, 0.25) is 0 Å². The van der Waals surface area contributed by atoms with Crippen molar-refractivity contribution >= 4 is 0 Å². The van der Waals surface area contributed by atoms with Crippen molar-refractivity contribution in [2.75, 3.05) is 13.1 Å². The Kier molecular flexibility index (Phi) is 7.07. The molecular weight excluding hydrogens is 417 g/mol. The fourth-order valence-corrected chi connectivity index (χ4v) is 3.69. The number of benzene rings is 2. The molecule has 0 N–H and O–H groups in total. The summed E-state index contributed by atoms with van der Waals surface area (Å²) >= 11 is 0. The predicted octanol–water partition coefficient (Wildman–Crippen LogP) is 6.07. The van der Waals surface area contributed by atoms with Gasteiger partial charge in [0.15, 0.2) is 0 Å². The van der Waals surface area contributed by atoms with Gasteiger partial charge in [0.05, 0.1) is 18.3 Å². The van der Waals surface area contributed by atoms with Crippen molar-refractivity contribution in [3.63, 3.8) is 0 Å². The second kappa shape index (κ2) is 10.1. The highest BCUT2D eigenvalue weighted by molar-refractivity contribution is 5.30. The van der Waals surface area contributed by atoms with Crippen LogP contribution in [0.15, 0.2) is 72.9 Å². The van der Waals surface area contributed by atoms with Gasteiger partial charge in [0, 0.05) is 31.9 Å². The summed E-state index contributed by atoms with van der Waals surface area (Å²) in [6, 6.07) is 18.7. The van der Waals surface area contributed by atoms with Gasteiger partial charge in [-0.25, -0.2) is 4.98 Å². The molecule has 168 valence electrons. The lowest BCUT2D eigenvalue weighted by Crippen LogP contribution is -2.36. The monoisotopic (exact) mass is 442 g/mol. The van der Waals surface area contributed by atoms with Gasteiger partial charge in [-0.05, 0) is 54.3 Å². The maximum atomic E-state index is 12.7. The maximum Gasteiger partial charge on any atom is 0.416 e. The average molecular weight is 442 g/mol. The van der Waals surface area contributed by atoms with E-state index in [1.165, 1.54) is 17.7 Å². The Balaban J connectivity index is 1.19. The Morgan fingerprint density at radius 1 is 0.875 bits per heavy atom. The van der Waals surface area contributed by atoms with E-state index in [0.29, 0.717) is 12.5 Å². The van der Waals surface area contributed by atoms with Gasteiger partial charge in [-0.1, -0.05) is 30.3 Å². The molecule has 0 radical (unpaired) electrons. The van der Waals surface area contributed by atoms with Gasteiger partial charge in [0.25, 0.3) is 0 Å². The summed E-state index contributed by atoms with van der Waals surface area (Å²) in [5.74, 6) is 1.32. The summed E-state index contributed by atoms with van der Waals surface area (Å²) in [5.41, 5.74) is 1.34. The Bertz CT molecular complexity index is 969. The van der Waals surface area contributed by atoms with E-state index in [9.17, 15) is 13.2 Å². The number of rotatable bonds is 7. The summed E-state index contributed by atoms with van der Waals surface area (Å²) in [6.45, 7) is 3.03. The van der Waals surface area contributed by atoms with Crippen LogP contribution in [-0.4, -0.2) is 29.1 Å². The van der Waals surface area contributed by atoms with Crippen LogP contribution >= 0.6 is 0 Å². The number of likely N-dealkylation sites (tertiary alicyclic amines) is 1. The molecule has 4 nitrogen and oxygen atoms in total. The third kappa shape index (κ3) is 6.31. The van der Waals surface area contributed by atoms with Crippen LogP contribution in [-0.2, 0) is 24.1 Å². The molecule has 1 fully saturated rings. The van der Waals surface area contributed by atoms with Crippen LogP contribution in [0, 0.1) is 0 Å². The number of aromatic nitrogens is 1. The molecule has 1 aromatic heterocycles. The second-order valence-corrected chi connectivity index (χ2v) is 7.90. The van der Waals surface area contributed by atoms with Gasteiger partial charge in [0.1, 0.15) is 5.75 Å². The molecule has 0 atom stereocenters. The third-order valence-electron chi connectivity index (χ3n) is 5.49. The fraction of sp³-hybridized carbons (Fsp3) is 0.320. The van der Waals surface area contributed by atoms with Gasteiger partial charge in [-0.2, -0.15) is 13.2 Å². The molecule has 0 spiro atoms. The van der Waals surface area contributed by atoms with E-state index in [4.69, 9.17) is 9.47 Å². The number of halogens is 3. The van der Waals surface area contributed by atoms with E-state index >= 15 is 0 Å². The number of piperidine rings is 1. The van der Waals surface area contributed by atoms with E-state index in [1.54, 1.807) is 6.20 Å². The highest BCUT2D eigenvalue weighted by Crippen LogP contribution is 2.29. The molecule has 1 aliphatic heterocycles. The Hall–Kier alpha value is -2.90. The van der Waals surface area contributed by atoms with Crippen molar-refractivity contribution in [1.29, 1.82) is 0 Å². The summed E-state index contributed by atoms with van der Waals surface area (Å²) in [6.07, 6.45) is -0.676. The number of nitrogens with zero attached hydrogens (tertiary/aromatic N) is 2. The third-order valence-corrected chi connectivity index (χ3v) is 5.49. The molecule has 0 aliphatic carbocycles. The quantitative estimate of drug-likeness (QED) is 0.445. The molecule has 3 aromatic rings. The lowest BCUT2D eigenvalue weighted by atomic mass is 10.1. The van der Waals surface area contributed by atoms with Crippen LogP contribution in [0.1, 0.15) is 29.5 Å². The first-order valence-corrected chi connectivity index (χ1v) is 10.6. The van der Waals surface area contributed by atoms with E-state index < -0.39 is 11.7 Å². The smallest absolute Gasteiger partial charge is 0.416 e. The molecule has 32 heavy (non-hydrogen) atoms. The Morgan fingerprint density at radius 2 is 1.56 bits per heavy atom. The number of hydrogen-bond donors (Lipinski definition) is 0. The molecule has 0 saturated carbocycles. The molecule has 4 rings (SSSR count). The van der Waals surface area contributed by atoms with Gasteiger partial charge >= 0.3 is 6.18 Å². The summed E-state index contributed by atoms with van der Waals surface area (Å²) < 4.78 is 49.6. The lowest BCUT2D eigenvalue weighted by Gasteiger charge is -2.32. The molecule has 2 heterocycles. The Morgan fingerprint density at radius 3 is 2.19 bits per heavy atom. The SMILES string of the molecule is FC(F)(F)c1ccc(COC2CCN(Cc3ccc(Oc4ccccn4)cc3)CC2)cc1. The van der Waals surface area contributed by atoms with Crippen molar-refractivity contribution in [2.24, 2.45) is 0 Å². The topological polar surface area (TPSA) is 34.6 Å². The van der Waals surface area contributed by atoms with Crippen molar-refractivity contribution < 1.29 is 22.6 Å². The van der Waals surface area contributed by atoms with Crippen molar-refractivity contribution in [3.05, 3.63) is 89.6 Å². The van der Waals surface area contributed by atoms with Gasteiger partial charge in [-0.3, -0.25) is 4.90 Å². The highest BCUT2D eigenvalue weighted by atomic mass is 19.4. The van der Waals surface area contributed by atoms with Crippen LogP contribution in [0.4, 0.5) is 13.2 Å². The minimum Gasteiger partial charge on any atom is -0.439 e. The maximum absolute atomic E-state index is 12.7. The first kappa shape index (κ1) is 22.3. The number of alkyl halides is 3. The van der Waals surface area contributed by atoms with Crippen molar-refractivity contribution in [2.45, 2.75) is 38.3 Å². The zero-order valence-corrected chi connectivity index (χ0v) is 17.6. The molecule has 0 bridgehead atoms. The number of ether oxygens (including phenoxy) is 2. The summed E-state index contributed by atoms with van der Waals surface area (Å²) in [5, 5.41) is 0. The minimum absolute atomic E-state index is 0.127. The molecular formula is C25H25F3N2O2. The van der Waals surface area contributed by atoms with E-state index in [2.05, 4.69) is 22.0 Å². The van der Waals surface area contributed by atoms with Crippen molar-refractivity contribution in [3.8, 4) is 11.6 Å². The lowest BCUT2D eigenvalue weighted by molar-refractivity contribution is -0.137. The Labute approximate surface area is 185 Å². The van der Waals surface area contributed by atoms with Gasteiger partial charge in [-0.15, -0.1) is 0 Å². The predicted molar refractivity (Wildman–Crippen MR) is 115 cm³/mol. The molecule has 7 heteroatoms. The van der Waals surface area contributed by atoms with Crippen LogP contribution < -0.4 is 4.74 Å². The van der Waals surface area contributed by atoms with E-state index in [1.807, 2.05) is 30.3 Å². The van der Waals surface area contributed by atoms with Crippen LogP contribution in [0.3, 0.4) is 0 Å². The molecule has 0 amide bonds. The average Bonchev–Trinajstić information content (AvgIpc) is 2.80. The summed E-state index contributed by atoms with van der Waals surface area (Å²) in [7, 11) is 0. The molecule has 0 unspecified atom stereocenters. The first-order valence-electron chi connectivity index (χ1n) is 10.6. The zero-order chi connectivity index (χ0) is 22.4. The van der Waals surface area contributed by atoms with Gasteiger partial charge in [0.2, 0.25) is 5.88 Å². The molecule has 2 aromatic carbocycles. The van der Waals surface area contributed by atoms with E-state index in [0.717, 1.165) is 55.9 Å². The number of pyridine rings is 1. The van der Waals surface area contributed by atoms with Crippen LogP contribution in [0.5, 0.6) is 11.6 Å². The van der Waals surface area contributed by atoms with Gasteiger partial charge < -0.3 is 9.47 Å². The fourth-order valence-electron chi connectivity index (χ4n) is 3.69. The minimum atomic E-state index is -4.31. The zero-order valence-electron chi connectivity index (χ0n) is 17.6. The number of hydrogen-bond acceptors (Lipinski definition) is 4. The van der Waals surface area contributed by atoms with E-state index in [-0.39, 0.29) is 6.10 Å². The molecule has 1 saturated heterocycles. The first-order chi connectivity index (χ1) is 15.5. The standard InChI is InChI=1S/C25H25F3N2O2/c26-25(27,28)21-8-4-20(5-9-21)18-31-22-12-15-30(16-13-22)17-19-6-10-23(11-7-19)32-24-3-1-2-14-29-24/h1-11,14,22H,12-13,15-18H2. The summed E-state index contributed by atoms with van der Waals surface area (Å²) in [4.78, 5) is 6.54. The largest absolute Gasteiger partial charge is 0.439 e.